The van der Waals surface area contributed by atoms with Crippen molar-refractivity contribution in [2.45, 2.75) is 18.2 Å². The van der Waals surface area contributed by atoms with Gasteiger partial charge in [0.05, 0.1) is 12.3 Å². The van der Waals surface area contributed by atoms with Crippen LogP contribution >= 0.6 is 23.4 Å². The summed E-state index contributed by atoms with van der Waals surface area (Å²) in [5.41, 5.74) is 6.37. The van der Waals surface area contributed by atoms with E-state index in [1.165, 1.54) is 16.7 Å². The number of benzene rings is 1. The highest BCUT2D eigenvalue weighted by Crippen LogP contribution is 2.27. The molecule has 0 fully saturated rings. The maximum atomic E-state index is 12.0. The Kier molecular flexibility index (Phi) is 7.39. The van der Waals surface area contributed by atoms with Crippen LogP contribution in [0.5, 0.6) is 0 Å². The van der Waals surface area contributed by atoms with Crippen molar-refractivity contribution < 1.29 is 9.59 Å². The molecule has 0 heterocycles. The summed E-state index contributed by atoms with van der Waals surface area (Å²) in [5, 5.41) is 3.30. The Balaban J connectivity index is 2.43. The first-order valence-electron chi connectivity index (χ1n) is 6.62. The second kappa shape index (κ2) is 8.79. The van der Waals surface area contributed by atoms with E-state index >= 15 is 0 Å². The van der Waals surface area contributed by atoms with Gasteiger partial charge in [0.1, 0.15) is 0 Å². The van der Waals surface area contributed by atoms with Crippen LogP contribution < -0.4 is 11.1 Å². The van der Waals surface area contributed by atoms with Crippen LogP contribution in [-0.2, 0) is 9.59 Å². The molecule has 0 saturated heterocycles. The van der Waals surface area contributed by atoms with Crippen LogP contribution in [0.2, 0.25) is 5.02 Å². The molecule has 0 unspecified atom stereocenters. The lowest BCUT2D eigenvalue weighted by Crippen LogP contribution is -2.39. The molecule has 0 radical (unpaired) electrons. The van der Waals surface area contributed by atoms with Gasteiger partial charge >= 0.3 is 0 Å². The monoisotopic (exact) mass is 329 g/mol. The molecule has 1 aromatic carbocycles. The lowest BCUT2D eigenvalue weighted by molar-refractivity contribution is -0.132. The Labute approximate surface area is 134 Å². The van der Waals surface area contributed by atoms with E-state index in [0.29, 0.717) is 17.3 Å². The van der Waals surface area contributed by atoms with E-state index in [-0.39, 0.29) is 24.1 Å². The topological polar surface area (TPSA) is 75.4 Å². The number of nitrogens with one attached hydrogen (secondary N) is 1. The van der Waals surface area contributed by atoms with E-state index in [9.17, 15) is 9.59 Å². The Hall–Kier alpha value is -1.40. The molecule has 0 bridgehead atoms. The molecule has 0 aliphatic carbocycles. The average molecular weight is 330 g/mol. The quantitative estimate of drug-likeness (QED) is 0.592. The van der Waals surface area contributed by atoms with E-state index in [2.05, 4.69) is 5.32 Å². The lowest BCUT2D eigenvalue weighted by Gasteiger charge is -2.16. The van der Waals surface area contributed by atoms with E-state index in [4.69, 9.17) is 17.3 Å². The highest BCUT2D eigenvalue weighted by molar-refractivity contribution is 8.00. The van der Waals surface area contributed by atoms with Crippen LogP contribution in [0.15, 0.2) is 23.1 Å². The van der Waals surface area contributed by atoms with Crippen molar-refractivity contribution >= 4 is 40.9 Å². The minimum absolute atomic E-state index is 0.0650. The van der Waals surface area contributed by atoms with Gasteiger partial charge in [0, 0.05) is 29.2 Å². The number of nitrogens with two attached hydrogens (primary N) is 1. The first kappa shape index (κ1) is 17.7. The highest BCUT2D eigenvalue weighted by Gasteiger charge is 2.13. The van der Waals surface area contributed by atoms with Gasteiger partial charge in [-0.05, 0) is 24.6 Å². The van der Waals surface area contributed by atoms with Crippen LogP contribution in [0.1, 0.15) is 13.3 Å². The number of likely N-dealkylation sites (N-methyl/N-ethyl adjacent to an activating group) is 1. The summed E-state index contributed by atoms with van der Waals surface area (Å²) in [7, 11) is 1.61. The molecular formula is C14H20ClN3O2S. The van der Waals surface area contributed by atoms with Gasteiger partial charge in [0.15, 0.2) is 0 Å². The van der Waals surface area contributed by atoms with Gasteiger partial charge in [-0.15, -0.1) is 11.8 Å². The number of anilines is 1. The van der Waals surface area contributed by atoms with Gasteiger partial charge in [-0.25, -0.2) is 0 Å². The molecule has 0 aromatic heterocycles. The zero-order chi connectivity index (χ0) is 15.8. The van der Waals surface area contributed by atoms with Gasteiger partial charge in [0.25, 0.3) is 0 Å². The minimum Gasteiger partial charge on any atom is -0.398 e. The predicted octanol–water partition coefficient (Wildman–Crippen LogP) is 2.00. The summed E-state index contributed by atoms with van der Waals surface area (Å²) in [4.78, 5) is 25.7. The minimum atomic E-state index is -0.149. The van der Waals surface area contributed by atoms with E-state index < -0.39 is 0 Å². The number of hydrogen-bond acceptors (Lipinski definition) is 4. The van der Waals surface area contributed by atoms with Crippen molar-refractivity contribution in [1.29, 1.82) is 0 Å². The fraction of sp³-hybridized carbons (Fsp3) is 0.429. The van der Waals surface area contributed by atoms with Crippen molar-refractivity contribution in [1.82, 2.24) is 10.2 Å². The number of amides is 2. The number of nitrogens with zero attached hydrogens (tertiary/aromatic N) is 1. The molecule has 2 amide bonds. The third-order valence-corrected chi connectivity index (χ3v) is 4.01. The predicted molar refractivity (Wildman–Crippen MR) is 87.5 cm³/mol. The number of rotatable bonds is 7. The van der Waals surface area contributed by atoms with E-state index in [0.717, 1.165) is 11.3 Å². The molecule has 116 valence electrons. The molecule has 3 N–H and O–H groups in total. The Morgan fingerprint density at radius 3 is 2.76 bits per heavy atom. The van der Waals surface area contributed by atoms with Crippen molar-refractivity contribution in [2.75, 3.05) is 31.6 Å². The van der Waals surface area contributed by atoms with Crippen LogP contribution in [-0.4, -0.2) is 42.6 Å². The Bertz CT molecular complexity index is 511. The molecule has 0 spiro atoms. The zero-order valence-electron chi connectivity index (χ0n) is 12.2. The maximum Gasteiger partial charge on any atom is 0.239 e. The first-order valence-corrected chi connectivity index (χ1v) is 7.99. The Morgan fingerprint density at radius 1 is 1.43 bits per heavy atom. The molecule has 0 saturated carbocycles. The van der Waals surface area contributed by atoms with Gasteiger partial charge in [0.2, 0.25) is 11.8 Å². The molecule has 1 aromatic rings. The lowest BCUT2D eigenvalue weighted by atomic mass is 10.3. The molecule has 7 heteroatoms. The molecule has 21 heavy (non-hydrogen) atoms. The average Bonchev–Trinajstić information content (AvgIpc) is 2.43. The summed E-state index contributed by atoms with van der Waals surface area (Å²) in [5.74, 6) is -0.0478. The third-order valence-electron chi connectivity index (χ3n) is 2.70. The number of hydrogen-bond donors (Lipinski definition) is 2. The summed E-state index contributed by atoms with van der Waals surface area (Å²) in [6.07, 6.45) is 0.870. The van der Waals surface area contributed by atoms with E-state index in [1.54, 1.807) is 25.2 Å². The van der Waals surface area contributed by atoms with E-state index in [1.807, 2.05) is 6.92 Å². The summed E-state index contributed by atoms with van der Waals surface area (Å²) in [6.45, 7) is 2.66. The molecule has 0 atom stereocenters. The van der Waals surface area contributed by atoms with Crippen LogP contribution in [0.4, 0.5) is 5.69 Å². The van der Waals surface area contributed by atoms with Crippen LogP contribution in [0.25, 0.3) is 0 Å². The third kappa shape index (κ3) is 6.27. The summed E-state index contributed by atoms with van der Waals surface area (Å²) in [6, 6.07) is 5.16. The first-order chi connectivity index (χ1) is 9.93. The van der Waals surface area contributed by atoms with Crippen molar-refractivity contribution in [2.24, 2.45) is 0 Å². The smallest absolute Gasteiger partial charge is 0.239 e. The summed E-state index contributed by atoms with van der Waals surface area (Å²) >= 11 is 7.15. The van der Waals surface area contributed by atoms with Crippen molar-refractivity contribution in [3.05, 3.63) is 23.2 Å². The van der Waals surface area contributed by atoms with Crippen LogP contribution in [0.3, 0.4) is 0 Å². The number of carbonyl (C=O) groups is 2. The largest absolute Gasteiger partial charge is 0.398 e. The van der Waals surface area contributed by atoms with Gasteiger partial charge in [-0.3, -0.25) is 9.59 Å². The number of halogens is 1. The van der Waals surface area contributed by atoms with Gasteiger partial charge < -0.3 is 16.0 Å². The fourth-order valence-electron chi connectivity index (χ4n) is 1.52. The Morgan fingerprint density at radius 2 is 2.14 bits per heavy atom. The standard InChI is InChI=1S/C14H20ClN3O2S/c1-3-6-17-13(19)8-18(2)14(20)9-21-12-5-4-10(15)7-11(12)16/h4-5,7H,3,6,8-9,16H2,1-2H3,(H,17,19). The zero-order valence-corrected chi connectivity index (χ0v) is 13.8. The van der Waals surface area contributed by atoms with Gasteiger partial charge in [-0.2, -0.15) is 0 Å². The SMILES string of the molecule is CCCNC(=O)CN(C)C(=O)CSc1ccc(Cl)cc1N. The fourth-order valence-corrected chi connectivity index (χ4v) is 2.59. The molecule has 5 nitrogen and oxygen atoms in total. The molecule has 1 rings (SSSR count). The van der Waals surface area contributed by atoms with Gasteiger partial charge in [-0.1, -0.05) is 18.5 Å². The van der Waals surface area contributed by atoms with Crippen molar-refractivity contribution in [3.8, 4) is 0 Å². The second-order valence-electron chi connectivity index (χ2n) is 4.57. The number of thioether (sulfide) groups is 1. The highest BCUT2D eigenvalue weighted by atomic mass is 35.5. The number of carbonyl (C=O) groups excluding carboxylic acids is 2. The van der Waals surface area contributed by atoms with Crippen molar-refractivity contribution in [3.63, 3.8) is 0 Å². The normalized spacial score (nSPS) is 10.2. The molecule has 0 aliphatic rings. The maximum absolute atomic E-state index is 12.0. The molecule has 0 aliphatic heterocycles. The summed E-state index contributed by atoms with van der Waals surface area (Å²) < 4.78 is 0. The molecular weight excluding hydrogens is 310 g/mol. The number of nitrogen functional groups attached to an aromatic ring is 1. The second-order valence-corrected chi connectivity index (χ2v) is 6.02. The van der Waals surface area contributed by atoms with Crippen LogP contribution in [0, 0.1) is 0 Å².